The minimum absolute atomic E-state index is 0.00320. The van der Waals surface area contributed by atoms with Crippen LogP contribution in [0.1, 0.15) is 37.8 Å². The highest BCUT2D eigenvalue weighted by molar-refractivity contribution is 6.03. The summed E-state index contributed by atoms with van der Waals surface area (Å²) in [7, 11) is 0. The number of amides is 1. The van der Waals surface area contributed by atoms with Crippen LogP contribution >= 0.6 is 0 Å². The topological polar surface area (TPSA) is 60.9 Å². The number of nitrogens with zero attached hydrogens (tertiary/aromatic N) is 2. The van der Waals surface area contributed by atoms with Crippen molar-refractivity contribution in [3.8, 4) is 0 Å². The van der Waals surface area contributed by atoms with E-state index in [0.29, 0.717) is 6.42 Å². The van der Waals surface area contributed by atoms with Gasteiger partial charge < -0.3 is 5.11 Å². The lowest BCUT2D eigenvalue weighted by molar-refractivity contribution is -0.147. The van der Waals surface area contributed by atoms with Gasteiger partial charge in [0.05, 0.1) is 23.8 Å². The predicted octanol–water partition coefficient (Wildman–Crippen LogP) is 4.02. The Morgan fingerprint density at radius 3 is 2.03 bits per heavy atom. The fourth-order valence-corrected chi connectivity index (χ4v) is 4.87. The Labute approximate surface area is 171 Å². The summed E-state index contributed by atoms with van der Waals surface area (Å²) in [6.07, 6.45) is 3.25. The molecule has 0 bridgehead atoms. The Hall–Kier alpha value is -2.66. The number of piperidine rings is 1. The normalized spacial score (nSPS) is 24.3. The van der Waals surface area contributed by atoms with Crippen LogP contribution in [0.5, 0.6) is 0 Å². The average Bonchev–Trinajstić information content (AvgIpc) is 2.87. The second-order valence-corrected chi connectivity index (χ2v) is 8.27. The maximum Gasteiger partial charge on any atom is 0.308 e. The fourth-order valence-electron chi connectivity index (χ4n) is 4.87. The van der Waals surface area contributed by atoms with Crippen molar-refractivity contribution in [1.82, 2.24) is 4.90 Å². The van der Waals surface area contributed by atoms with E-state index in [1.165, 1.54) is 11.1 Å². The first kappa shape index (κ1) is 19.6. The first-order chi connectivity index (χ1) is 14.0. The number of carbonyl (C=O) groups excluding carboxylic acids is 1. The predicted molar refractivity (Wildman–Crippen MR) is 113 cm³/mol. The highest BCUT2D eigenvalue weighted by Gasteiger charge is 2.38. The van der Waals surface area contributed by atoms with Gasteiger partial charge in [-0.3, -0.25) is 19.4 Å². The van der Waals surface area contributed by atoms with E-state index < -0.39 is 11.9 Å². The Morgan fingerprint density at radius 1 is 0.931 bits per heavy atom. The Bertz CT molecular complexity index is 878. The van der Waals surface area contributed by atoms with Crippen molar-refractivity contribution in [1.29, 1.82) is 0 Å². The van der Waals surface area contributed by atoms with Crippen molar-refractivity contribution < 1.29 is 14.7 Å². The number of hydrogen-bond acceptors (Lipinski definition) is 3. The fraction of sp³-hybridized carbons (Fsp3) is 0.417. The molecule has 1 N–H and O–H groups in total. The number of carboxylic acid groups (broad SMARTS) is 1. The maximum atomic E-state index is 13.6. The van der Waals surface area contributed by atoms with E-state index in [1.807, 2.05) is 48.2 Å². The molecule has 4 rings (SSSR count). The van der Waals surface area contributed by atoms with Gasteiger partial charge in [-0.2, -0.15) is 0 Å². The van der Waals surface area contributed by atoms with E-state index in [2.05, 4.69) is 24.0 Å². The van der Waals surface area contributed by atoms with Gasteiger partial charge in [0.1, 0.15) is 0 Å². The van der Waals surface area contributed by atoms with Crippen LogP contribution in [0.15, 0.2) is 48.5 Å². The monoisotopic (exact) mass is 392 g/mol. The molecule has 0 saturated carbocycles. The number of hydrogen-bond donors (Lipinski definition) is 1. The van der Waals surface area contributed by atoms with Crippen LogP contribution in [-0.2, 0) is 22.4 Å². The lowest BCUT2D eigenvalue weighted by Gasteiger charge is -2.42. The summed E-state index contributed by atoms with van der Waals surface area (Å²) >= 11 is 0. The van der Waals surface area contributed by atoms with Crippen molar-refractivity contribution in [2.24, 2.45) is 5.92 Å². The molecule has 2 aromatic rings. The number of aliphatic carboxylic acids is 1. The third-order valence-electron chi connectivity index (χ3n) is 6.58. The van der Waals surface area contributed by atoms with Gasteiger partial charge in [-0.25, -0.2) is 0 Å². The standard InChI is InChI=1S/C24H28N2O3/c1-16-11-14-20(24(28)29)17(2)25(16)15-23(27)26-21-9-5-3-7-18(21)12-13-19-8-4-6-10-22(19)26/h3-10,16-17,20H,11-15H2,1-2H3,(H,28,29). The SMILES string of the molecule is CC1CCC(C(=O)O)C(C)N1CC(=O)N1c2ccccc2CCc2ccccc21. The summed E-state index contributed by atoms with van der Waals surface area (Å²) in [6, 6.07) is 16.2. The molecule has 2 aliphatic heterocycles. The second-order valence-electron chi connectivity index (χ2n) is 8.27. The number of carbonyl (C=O) groups is 2. The minimum Gasteiger partial charge on any atom is -0.481 e. The van der Waals surface area contributed by atoms with Gasteiger partial charge in [-0.1, -0.05) is 36.4 Å². The van der Waals surface area contributed by atoms with Crippen molar-refractivity contribution in [2.45, 2.75) is 51.6 Å². The molecule has 2 aliphatic rings. The maximum absolute atomic E-state index is 13.6. The number of rotatable bonds is 3. The van der Waals surface area contributed by atoms with Gasteiger partial charge in [0.25, 0.3) is 0 Å². The van der Waals surface area contributed by atoms with Crippen LogP contribution in [0.3, 0.4) is 0 Å². The van der Waals surface area contributed by atoms with Crippen LogP contribution in [0, 0.1) is 5.92 Å². The molecule has 1 amide bonds. The van der Waals surface area contributed by atoms with Crippen LogP contribution in [-0.4, -0.2) is 40.5 Å². The molecule has 2 heterocycles. The molecule has 29 heavy (non-hydrogen) atoms. The molecule has 3 atom stereocenters. The molecule has 0 aliphatic carbocycles. The number of benzene rings is 2. The third kappa shape index (κ3) is 3.67. The van der Waals surface area contributed by atoms with Crippen LogP contribution in [0.2, 0.25) is 0 Å². The first-order valence-electron chi connectivity index (χ1n) is 10.4. The van der Waals surface area contributed by atoms with Gasteiger partial charge in [0, 0.05) is 12.1 Å². The van der Waals surface area contributed by atoms with Crippen LogP contribution in [0.25, 0.3) is 0 Å². The van der Waals surface area contributed by atoms with Crippen LogP contribution < -0.4 is 4.90 Å². The number of anilines is 2. The number of para-hydroxylation sites is 2. The zero-order valence-corrected chi connectivity index (χ0v) is 17.0. The smallest absolute Gasteiger partial charge is 0.308 e. The summed E-state index contributed by atoms with van der Waals surface area (Å²) in [5.41, 5.74) is 4.21. The van der Waals surface area contributed by atoms with Gasteiger partial charge in [0.15, 0.2) is 0 Å². The van der Waals surface area contributed by atoms with Crippen molar-refractivity contribution in [3.63, 3.8) is 0 Å². The third-order valence-corrected chi connectivity index (χ3v) is 6.58. The van der Waals surface area contributed by atoms with E-state index in [1.54, 1.807) is 0 Å². The first-order valence-corrected chi connectivity index (χ1v) is 10.4. The Kier molecular flexibility index (Phi) is 5.41. The second kappa shape index (κ2) is 7.99. The lowest BCUT2D eigenvalue weighted by Crippen LogP contribution is -2.54. The van der Waals surface area contributed by atoms with Crippen molar-refractivity contribution >= 4 is 23.3 Å². The number of likely N-dealkylation sites (tertiary alicyclic amines) is 1. The van der Waals surface area contributed by atoms with Gasteiger partial charge >= 0.3 is 5.97 Å². The molecule has 152 valence electrons. The average molecular weight is 392 g/mol. The molecule has 2 aromatic carbocycles. The summed E-state index contributed by atoms with van der Waals surface area (Å²) < 4.78 is 0. The zero-order valence-electron chi connectivity index (χ0n) is 17.0. The van der Waals surface area contributed by atoms with Crippen molar-refractivity contribution in [2.75, 3.05) is 11.4 Å². The molecule has 5 nitrogen and oxygen atoms in total. The van der Waals surface area contributed by atoms with E-state index in [9.17, 15) is 14.7 Å². The summed E-state index contributed by atoms with van der Waals surface area (Å²) in [4.78, 5) is 29.2. The summed E-state index contributed by atoms with van der Waals surface area (Å²) in [5.74, 6) is -1.20. The molecule has 0 aromatic heterocycles. The zero-order chi connectivity index (χ0) is 20.5. The van der Waals surface area contributed by atoms with E-state index in [0.717, 1.165) is 30.6 Å². The molecular weight excluding hydrogens is 364 g/mol. The lowest BCUT2D eigenvalue weighted by atomic mass is 9.86. The van der Waals surface area contributed by atoms with Gasteiger partial charge in [-0.05, 0) is 62.8 Å². The van der Waals surface area contributed by atoms with Crippen molar-refractivity contribution in [3.05, 3.63) is 59.7 Å². The molecule has 0 radical (unpaired) electrons. The number of carboxylic acids is 1. The summed E-state index contributed by atoms with van der Waals surface area (Å²) in [5, 5.41) is 9.57. The Balaban J connectivity index is 1.69. The van der Waals surface area contributed by atoms with E-state index in [-0.39, 0.29) is 24.5 Å². The minimum atomic E-state index is -0.771. The van der Waals surface area contributed by atoms with Gasteiger partial charge in [0.2, 0.25) is 5.91 Å². The molecular formula is C24H28N2O3. The molecule has 3 unspecified atom stereocenters. The number of aryl methyl sites for hydroxylation is 2. The highest BCUT2D eigenvalue weighted by Crippen LogP contribution is 2.37. The highest BCUT2D eigenvalue weighted by atomic mass is 16.4. The quantitative estimate of drug-likeness (QED) is 0.857. The number of fused-ring (bicyclic) bond motifs is 2. The molecule has 1 saturated heterocycles. The van der Waals surface area contributed by atoms with Gasteiger partial charge in [-0.15, -0.1) is 0 Å². The summed E-state index contributed by atoms with van der Waals surface area (Å²) in [6.45, 7) is 4.24. The van der Waals surface area contributed by atoms with E-state index in [4.69, 9.17) is 0 Å². The van der Waals surface area contributed by atoms with E-state index >= 15 is 0 Å². The van der Waals surface area contributed by atoms with Crippen LogP contribution in [0.4, 0.5) is 11.4 Å². The Morgan fingerprint density at radius 2 is 1.48 bits per heavy atom. The molecule has 1 fully saturated rings. The molecule has 5 heteroatoms. The molecule has 0 spiro atoms. The largest absolute Gasteiger partial charge is 0.481 e.